The largest absolute Gasteiger partial charge is 0.368 e. The van der Waals surface area contributed by atoms with Crippen LogP contribution in [0, 0.1) is 0 Å². The van der Waals surface area contributed by atoms with E-state index in [0.717, 1.165) is 0 Å². The van der Waals surface area contributed by atoms with Gasteiger partial charge in [0.2, 0.25) is 5.95 Å². The third kappa shape index (κ3) is 1.92. The lowest BCUT2D eigenvalue weighted by atomic mass is 10.5. The van der Waals surface area contributed by atoms with Gasteiger partial charge >= 0.3 is 0 Å². The molecule has 2 aromatic heterocycles. The smallest absolute Gasteiger partial charge is 0.221 e. The van der Waals surface area contributed by atoms with E-state index < -0.39 is 0 Å². The first-order chi connectivity index (χ1) is 6.84. The van der Waals surface area contributed by atoms with Crippen molar-refractivity contribution in [3.8, 4) is 0 Å². The van der Waals surface area contributed by atoms with Crippen molar-refractivity contribution in [1.29, 1.82) is 0 Å². The van der Waals surface area contributed by atoms with Crippen LogP contribution >= 0.6 is 0 Å². The standard InChI is InChI=1S/C8H8N6/c9-8-11-4-2-7(14-8)13-6-1-3-10-5-12-6/h1-5H,(H3,9,10,11,12,13,14). The van der Waals surface area contributed by atoms with Gasteiger partial charge in [0.05, 0.1) is 0 Å². The first-order valence-electron chi connectivity index (χ1n) is 3.96. The van der Waals surface area contributed by atoms with Gasteiger partial charge in [-0.15, -0.1) is 0 Å². The SMILES string of the molecule is Nc1nccc(Nc2ccncn2)n1. The molecule has 0 aliphatic rings. The molecule has 2 aromatic rings. The van der Waals surface area contributed by atoms with Crippen molar-refractivity contribution in [3.63, 3.8) is 0 Å². The summed E-state index contributed by atoms with van der Waals surface area (Å²) in [5.41, 5.74) is 5.42. The topological polar surface area (TPSA) is 89.6 Å². The highest BCUT2D eigenvalue weighted by Gasteiger charge is 1.96. The van der Waals surface area contributed by atoms with E-state index >= 15 is 0 Å². The Morgan fingerprint density at radius 2 is 1.93 bits per heavy atom. The zero-order valence-corrected chi connectivity index (χ0v) is 7.25. The highest BCUT2D eigenvalue weighted by Crippen LogP contribution is 2.09. The molecule has 2 rings (SSSR count). The van der Waals surface area contributed by atoms with Crippen LogP contribution in [0.25, 0.3) is 0 Å². The average molecular weight is 188 g/mol. The maximum absolute atomic E-state index is 5.42. The number of aromatic nitrogens is 4. The van der Waals surface area contributed by atoms with Gasteiger partial charge in [0.1, 0.15) is 18.0 Å². The Balaban J connectivity index is 2.19. The van der Waals surface area contributed by atoms with Gasteiger partial charge in [-0.1, -0.05) is 0 Å². The lowest BCUT2D eigenvalue weighted by molar-refractivity contribution is 1.14. The van der Waals surface area contributed by atoms with Gasteiger partial charge in [-0.05, 0) is 12.1 Å². The molecule has 0 amide bonds. The van der Waals surface area contributed by atoms with Crippen LogP contribution in [0.3, 0.4) is 0 Å². The van der Waals surface area contributed by atoms with Crippen molar-refractivity contribution in [2.75, 3.05) is 11.1 Å². The van der Waals surface area contributed by atoms with Crippen molar-refractivity contribution >= 4 is 17.6 Å². The highest BCUT2D eigenvalue weighted by atomic mass is 15.1. The van der Waals surface area contributed by atoms with Gasteiger partial charge in [0.15, 0.2) is 0 Å². The first kappa shape index (κ1) is 8.36. The van der Waals surface area contributed by atoms with Crippen molar-refractivity contribution < 1.29 is 0 Å². The zero-order chi connectivity index (χ0) is 9.80. The minimum absolute atomic E-state index is 0.226. The summed E-state index contributed by atoms with van der Waals surface area (Å²) in [5, 5.41) is 2.96. The van der Waals surface area contributed by atoms with E-state index in [9.17, 15) is 0 Å². The Bertz CT molecular complexity index is 415. The van der Waals surface area contributed by atoms with Crippen LogP contribution in [0.2, 0.25) is 0 Å². The molecule has 3 N–H and O–H groups in total. The predicted molar refractivity (Wildman–Crippen MR) is 51.8 cm³/mol. The molecular formula is C8H8N6. The third-order valence-corrected chi connectivity index (χ3v) is 1.51. The molecule has 14 heavy (non-hydrogen) atoms. The van der Waals surface area contributed by atoms with Crippen LogP contribution < -0.4 is 11.1 Å². The number of nitrogen functional groups attached to an aromatic ring is 1. The second-order valence-electron chi connectivity index (χ2n) is 2.52. The summed E-state index contributed by atoms with van der Waals surface area (Å²) in [5.74, 6) is 1.50. The van der Waals surface area contributed by atoms with E-state index in [0.29, 0.717) is 11.6 Å². The quantitative estimate of drug-likeness (QED) is 0.717. The summed E-state index contributed by atoms with van der Waals surface area (Å²) in [6.45, 7) is 0. The molecule has 0 aliphatic heterocycles. The summed E-state index contributed by atoms with van der Waals surface area (Å²) in [7, 11) is 0. The molecule has 0 unspecified atom stereocenters. The van der Waals surface area contributed by atoms with E-state index in [1.807, 2.05) is 0 Å². The summed E-state index contributed by atoms with van der Waals surface area (Å²) in [6, 6.07) is 3.44. The number of nitrogens with one attached hydrogen (secondary N) is 1. The number of rotatable bonds is 2. The Morgan fingerprint density at radius 1 is 1.07 bits per heavy atom. The number of anilines is 3. The molecule has 0 aliphatic carbocycles. The molecule has 6 nitrogen and oxygen atoms in total. The lowest BCUT2D eigenvalue weighted by Crippen LogP contribution is -2.00. The van der Waals surface area contributed by atoms with E-state index in [-0.39, 0.29) is 5.95 Å². The molecule has 2 heterocycles. The fourth-order valence-corrected chi connectivity index (χ4v) is 0.939. The molecule has 0 saturated heterocycles. The third-order valence-electron chi connectivity index (χ3n) is 1.51. The molecule has 6 heteroatoms. The van der Waals surface area contributed by atoms with Gasteiger partial charge in [-0.25, -0.2) is 15.0 Å². The monoisotopic (exact) mass is 188 g/mol. The fourth-order valence-electron chi connectivity index (χ4n) is 0.939. The second kappa shape index (κ2) is 3.65. The molecule has 0 bridgehead atoms. The molecule has 0 aromatic carbocycles. The van der Waals surface area contributed by atoms with E-state index in [1.165, 1.54) is 6.33 Å². The maximum atomic E-state index is 5.42. The van der Waals surface area contributed by atoms with Crippen molar-refractivity contribution in [2.45, 2.75) is 0 Å². The van der Waals surface area contributed by atoms with Crippen LogP contribution in [0.1, 0.15) is 0 Å². The van der Waals surface area contributed by atoms with Crippen molar-refractivity contribution in [3.05, 3.63) is 30.9 Å². The fraction of sp³-hybridized carbons (Fsp3) is 0. The van der Waals surface area contributed by atoms with Crippen LogP contribution in [0.4, 0.5) is 17.6 Å². The summed E-state index contributed by atoms with van der Waals surface area (Å²) < 4.78 is 0. The first-order valence-corrected chi connectivity index (χ1v) is 3.96. The Hall–Kier alpha value is -2.24. The number of nitrogens with two attached hydrogens (primary N) is 1. The molecule has 0 radical (unpaired) electrons. The summed E-state index contributed by atoms with van der Waals surface area (Å²) >= 11 is 0. The Morgan fingerprint density at radius 3 is 2.64 bits per heavy atom. The average Bonchev–Trinajstić information content (AvgIpc) is 2.19. The van der Waals surface area contributed by atoms with Gasteiger partial charge in [0, 0.05) is 12.4 Å². The summed E-state index contributed by atoms with van der Waals surface area (Å²) in [6.07, 6.45) is 4.67. The predicted octanol–water partition coefficient (Wildman–Crippen LogP) is 0.592. The number of nitrogens with zero attached hydrogens (tertiary/aromatic N) is 4. The maximum Gasteiger partial charge on any atom is 0.221 e. The van der Waals surface area contributed by atoms with Crippen LogP contribution in [-0.4, -0.2) is 19.9 Å². The van der Waals surface area contributed by atoms with Gasteiger partial charge in [0.25, 0.3) is 0 Å². The molecule has 0 atom stereocenters. The molecular weight excluding hydrogens is 180 g/mol. The number of hydrogen-bond donors (Lipinski definition) is 2. The minimum Gasteiger partial charge on any atom is -0.368 e. The van der Waals surface area contributed by atoms with Gasteiger partial charge in [-0.2, -0.15) is 4.98 Å². The molecule has 0 fully saturated rings. The number of hydrogen-bond acceptors (Lipinski definition) is 6. The van der Waals surface area contributed by atoms with Gasteiger partial charge in [-0.3, -0.25) is 0 Å². The van der Waals surface area contributed by atoms with E-state index in [2.05, 4.69) is 25.3 Å². The van der Waals surface area contributed by atoms with Crippen LogP contribution in [0.15, 0.2) is 30.9 Å². The lowest BCUT2D eigenvalue weighted by Gasteiger charge is -2.02. The Labute approximate surface area is 80.3 Å². The van der Waals surface area contributed by atoms with E-state index in [1.54, 1.807) is 24.5 Å². The molecule has 0 spiro atoms. The van der Waals surface area contributed by atoms with Gasteiger partial charge < -0.3 is 11.1 Å². The zero-order valence-electron chi connectivity index (χ0n) is 7.25. The van der Waals surface area contributed by atoms with Crippen LogP contribution in [-0.2, 0) is 0 Å². The second-order valence-corrected chi connectivity index (χ2v) is 2.52. The minimum atomic E-state index is 0.226. The summed E-state index contributed by atoms with van der Waals surface area (Å²) in [4.78, 5) is 15.5. The van der Waals surface area contributed by atoms with Crippen molar-refractivity contribution in [1.82, 2.24) is 19.9 Å². The molecule has 0 saturated carbocycles. The molecule has 70 valence electrons. The van der Waals surface area contributed by atoms with E-state index in [4.69, 9.17) is 5.73 Å². The Kier molecular flexibility index (Phi) is 2.18. The highest BCUT2D eigenvalue weighted by molar-refractivity contribution is 5.51. The van der Waals surface area contributed by atoms with Crippen LogP contribution in [0.5, 0.6) is 0 Å². The van der Waals surface area contributed by atoms with Crippen molar-refractivity contribution in [2.24, 2.45) is 0 Å². The normalized spacial score (nSPS) is 9.71.